The zero-order chi connectivity index (χ0) is 17.6. The number of carbonyl (C=O) groups excluding carboxylic acids is 1. The zero-order valence-corrected chi connectivity index (χ0v) is 14.6. The molecular weight excluding hydrogens is 302 g/mol. The molecule has 2 aliphatic heterocycles. The van der Waals surface area contributed by atoms with Gasteiger partial charge in [-0.3, -0.25) is 4.79 Å². The van der Waals surface area contributed by atoms with Gasteiger partial charge in [0.05, 0.1) is 0 Å². The summed E-state index contributed by atoms with van der Waals surface area (Å²) in [4.78, 5) is 15.0. The Labute approximate surface area is 143 Å². The van der Waals surface area contributed by atoms with Crippen molar-refractivity contribution in [1.82, 2.24) is 4.90 Å². The lowest BCUT2D eigenvalue weighted by atomic mass is 9.55. The molecule has 0 radical (unpaired) electrons. The first-order valence-corrected chi connectivity index (χ1v) is 8.53. The van der Waals surface area contributed by atoms with Crippen molar-refractivity contribution >= 4 is 5.78 Å². The third-order valence-corrected chi connectivity index (χ3v) is 6.33. The first kappa shape index (κ1) is 16.9. The maximum atomic E-state index is 12.6. The van der Waals surface area contributed by atoms with Gasteiger partial charge in [0, 0.05) is 23.4 Å². The molecule has 1 saturated carbocycles. The number of hydrogen-bond donors (Lipinski definition) is 1. The number of ketones is 1. The van der Waals surface area contributed by atoms with E-state index in [0.717, 1.165) is 30.5 Å². The number of aromatic hydroxyl groups is 1. The SMILES string of the molecule is C#C.Cc1ccc(O)c2c1[C@]13CCN(C)C(C)[C@@H]1CCC(=O)[C@@H]3O2. The summed E-state index contributed by atoms with van der Waals surface area (Å²) in [5.41, 5.74) is 1.97. The molecule has 4 nitrogen and oxygen atoms in total. The van der Waals surface area contributed by atoms with E-state index >= 15 is 0 Å². The summed E-state index contributed by atoms with van der Waals surface area (Å²) in [6.07, 6.45) is 10.0. The summed E-state index contributed by atoms with van der Waals surface area (Å²) in [5, 5.41) is 10.2. The average Bonchev–Trinajstić information content (AvgIpc) is 2.95. The number of phenols is 1. The highest BCUT2D eigenvalue weighted by Crippen LogP contribution is 2.59. The number of terminal acetylenes is 1. The van der Waals surface area contributed by atoms with Crippen LogP contribution < -0.4 is 4.74 Å². The Kier molecular flexibility index (Phi) is 4.09. The van der Waals surface area contributed by atoms with E-state index in [-0.39, 0.29) is 16.9 Å². The van der Waals surface area contributed by atoms with Crippen LogP contribution in [0, 0.1) is 25.7 Å². The molecule has 1 unspecified atom stereocenters. The lowest BCUT2D eigenvalue weighted by Crippen LogP contribution is -2.62. The fraction of sp³-hybridized carbons (Fsp3) is 0.550. The van der Waals surface area contributed by atoms with E-state index < -0.39 is 6.10 Å². The van der Waals surface area contributed by atoms with Gasteiger partial charge in [0.2, 0.25) is 0 Å². The largest absolute Gasteiger partial charge is 0.504 e. The van der Waals surface area contributed by atoms with E-state index in [4.69, 9.17) is 4.74 Å². The quantitative estimate of drug-likeness (QED) is 0.744. The highest BCUT2D eigenvalue weighted by atomic mass is 16.5. The number of carbonyl (C=O) groups is 1. The van der Waals surface area contributed by atoms with Crippen molar-refractivity contribution in [2.45, 2.75) is 50.7 Å². The number of aryl methyl sites for hydroxylation is 1. The number of phenolic OH excluding ortho intramolecular Hbond substituents is 1. The van der Waals surface area contributed by atoms with Crippen molar-refractivity contribution in [3.63, 3.8) is 0 Å². The normalized spacial score (nSPS) is 34.2. The van der Waals surface area contributed by atoms with Crippen LogP contribution in [0.3, 0.4) is 0 Å². The number of piperidine rings is 1. The number of benzene rings is 1. The summed E-state index contributed by atoms with van der Waals surface area (Å²) in [7, 11) is 2.16. The van der Waals surface area contributed by atoms with Crippen LogP contribution in [0.2, 0.25) is 0 Å². The van der Waals surface area contributed by atoms with Crippen molar-refractivity contribution in [3.05, 3.63) is 23.3 Å². The van der Waals surface area contributed by atoms with Gasteiger partial charge in [-0.15, -0.1) is 12.8 Å². The Bertz CT molecular complexity index is 696. The number of ether oxygens (including phenoxy) is 1. The minimum atomic E-state index is -0.413. The Balaban J connectivity index is 0.000000815. The fourth-order valence-corrected chi connectivity index (χ4v) is 5.13. The van der Waals surface area contributed by atoms with Gasteiger partial charge in [0.1, 0.15) is 0 Å². The highest BCUT2D eigenvalue weighted by molar-refractivity contribution is 5.88. The van der Waals surface area contributed by atoms with E-state index in [1.54, 1.807) is 6.07 Å². The second kappa shape index (κ2) is 5.82. The Morgan fingerprint density at radius 2 is 2.08 bits per heavy atom. The summed E-state index contributed by atoms with van der Waals surface area (Å²) in [6, 6.07) is 4.05. The predicted octanol–water partition coefficient (Wildman–Crippen LogP) is 2.65. The molecule has 0 amide bonds. The first-order chi connectivity index (χ1) is 11.5. The van der Waals surface area contributed by atoms with Gasteiger partial charge in [-0.1, -0.05) is 6.07 Å². The zero-order valence-electron chi connectivity index (χ0n) is 14.6. The number of likely N-dealkylation sites (tertiary alicyclic amines) is 1. The average molecular weight is 327 g/mol. The lowest BCUT2D eigenvalue weighted by molar-refractivity contribution is -0.137. The van der Waals surface area contributed by atoms with Gasteiger partial charge in [0.15, 0.2) is 23.4 Å². The van der Waals surface area contributed by atoms with E-state index in [9.17, 15) is 9.90 Å². The minimum Gasteiger partial charge on any atom is -0.504 e. The molecule has 2 fully saturated rings. The first-order valence-electron chi connectivity index (χ1n) is 8.53. The molecule has 1 spiro atoms. The minimum absolute atomic E-state index is 0.169. The monoisotopic (exact) mass is 327 g/mol. The van der Waals surface area contributed by atoms with Gasteiger partial charge >= 0.3 is 0 Å². The van der Waals surface area contributed by atoms with E-state index in [1.807, 2.05) is 6.07 Å². The van der Waals surface area contributed by atoms with Crippen molar-refractivity contribution in [1.29, 1.82) is 0 Å². The highest BCUT2D eigenvalue weighted by Gasteiger charge is 2.62. The molecule has 1 saturated heterocycles. The van der Waals surface area contributed by atoms with Crippen LogP contribution in [-0.4, -0.2) is 41.5 Å². The van der Waals surface area contributed by atoms with Crippen LogP contribution in [0.25, 0.3) is 0 Å². The Morgan fingerprint density at radius 3 is 2.79 bits per heavy atom. The van der Waals surface area contributed by atoms with Crippen molar-refractivity contribution < 1.29 is 14.6 Å². The number of nitrogens with zero attached hydrogens (tertiary/aromatic N) is 1. The van der Waals surface area contributed by atoms with E-state index in [0.29, 0.717) is 24.1 Å². The molecule has 4 heteroatoms. The lowest BCUT2D eigenvalue weighted by Gasteiger charge is -2.53. The van der Waals surface area contributed by atoms with Crippen LogP contribution in [0.1, 0.15) is 37.3 Å². The summed E-state index contributed by atoms with van der Waals surface area (Å²) < 4.78 is 6.06. The van der Waals surface area contributed by atoms with Crippen LogP contribution in [0.5, 0.6) is 11.5 Å². The third kappa shape index (κ3) is 2.01. The molecule has 1 aromatic rings. The summed E-state index contributed by atoms with van der Waals surface area (Å²) >= 11 is 0. The molecule has 1 aromatic carbocycles. The van der Waals surface area contributed by atoms with Crippen molar-refractivity contribution in [2.24, 2.45) is 5.92 Å². The maximum Gasteiger partial charge on any atom is 0.174 e. The smallest absolute Gasteiger partial charge is 0.174 e. The summed E-state index contributed by atoms with van der Waals surface area (Å²) in [6.45, 7) is 5.28. The third-order valence-electron chi connectivity index (χ3n) is 6.33. The standard InChI is InChI=1S/C18H23NO3.C2H2/c1-10-4-6-13(20)16-15(10)18-8-9-19(3)11(2)12(18)5-7-14(21)17(18)22-16;1-2/h4,6,11-12,17,20H,5,7-9H2,1-3H3;1-2H/t11?,12-,17-,18-;/m0./s1. The van der Waals surface area contributed by atoms with Crippen LogP contribution >= 0.6 is 0 Å². The predicted molar refractivity (Wildman–Crippen MR) is 93.3 cm³/mol. The van der Waals surface area contributed by atoms with Gasteiger partial charge in [-0.2, -0.15) is 0 Å². The Morgan fingerprint density at radius 1 is 1.38 bits per heavy atom. The number of rotatable bonds is 0. The molecule has 24 heavy (non-hydrogen) atoms. The van der Waals surface area contributed by atoms with Crippen molar-refractivity contribution in [2.75, 3.05) is 13.6 Å². The summed E-state index contributed by atoms with van der Waals surface area (Å²) in [5.74, 6) is 1.32. The van der Waals surface area contributed by atoms with Crippen molar-refractivity contribution in [3.8, 4) is 24.3 Å². The molecule has 128 valence electrons. The van der Waals surface area contributed by atoms with Gasteiger partial charge in [-0.05, 0) is 57.8 Å². The number of Topliss-reactive ketones (excluding diaryl/α,β-unsaturated/α-hetero) is 1. The van der Waals surface area contributed by atoms with E-state index in [1.165, 1.54) is 0 Å². The fourth-order valence-electron chi connectivity index (χ4n) is 5.13. The van der Waals surface area contributed by atoms with E-state index in [2.05, 4.69) is 38.6 Å². The van der Waals surface area contributed by atoms with Crippen LogP contribution in [0.15, 0.2) is 12.1 Å². The van der Waals surface area contributed by atoms with Crippen LogP contribution in [-0.2, 0) is 10.2 Å². The molecule has 0 bridgehead atoms. The molecule has 2 heterocycles. The second-order valence-electron chi connectivity index (χ2n) is 7.23. The Hall–Kier alpha value is -1.99. The van der Waals surface area contributed by atoms with Gasteiger partial charge in [0.25, 0.3) is 0 Å². The second-order valence-corrected chi connectivity index (χ2v) is 7.23. The maximum absolute atomic E-state index is 12.6. The molecule has 3 aliphatic rings. The van der Waals surface area contributed by atoms with Crippen LogP contribution in [0.4, 0.5) is 0 Å². The molecular formula is C20H25NO3. The molecule has 4 rings (SSSR count). The molecule has 1 aliphatic carbocycles. The molecule has 4 atom stereocenters. The van der Waals surface area contributed by atoms with Gasteiger partial charge < -0.3 is 14.7 Å². The number of hydrogen-bond acceptors (Lipinski definition) is 4. The molecule has 1 N–H and O–H groups in total. The van der Waals surface area contributed by atoms with Gasteiger partial charge in [-0.25, -0.2) is 0 Å². The topological polar surface area (TPSA) is 49.8 Å². The molecule has 0 aromatic heterocycles. The number of fused-ring (bicyclic) bond motifs is 1.